The molecule has 24 heavy (non-hydrogen) atoms. The minimum atomic E-state index is -3.74. The number of benzene rings is 1. The first kappa shape index (κ1) is 18.9. The van der Waals surface area contributed by atoms with Gasteiger partial charge in [-0.1, -0.05) is 19.9 Å². The lowest BCUT2D eigenvalue weighted by atomic mass is 10.0. The van der Waals surface area contributed by atoms with Crippen molar-refractivity contribution >= 4 is 15.9 Å². The second kappa shape index (κ2) is 8.06. The van der Waals surface area contributed by atoms with Crippen LogP contribution < -0.4 is 15.8 Å². The summed E-state index contributed by atoms with van der Waals surface area (Å²) in [5, 5.41) is 2.75. The topological polar surface area (TPSA) is 111 Å². The molecule has 0 aromatic heterocycles. The van der Waals surface area contributed by atoms with Gasteiger partial charge in [-0.15, -0.1) is 0 Å². The highest BCUT2D eigenvalue weighted by atomic mass is 32.2. The Hall–Kier alpha value is -1.48. The van der Waals surface area contributed by atoms with Crippen LogP contribution >= 0.6 is 0 Å². The molecule has 1 amide bonds. The number of ether oxygens (including phenoxy) is 1. The summed E-state index contributed by atoms with van der Waals surface area (Å²) in [6.45, 7) is 4.99. The average Bonchev–Trinajstić information content (AvgIpc) is 2.99. The number of sulfonamides is 1. The highest BCUT2D eigenvalue weighted by Crippen LogP contribution is 2.22. The molecular formula is C16H25N3O4S. The maximum atomic E-state index is 12.3. The molecule has 0 bridgehead atoms. The lowest BCUT2D eigenvalue weighted by Crippen LogP contribution is -2.45. The van der Waals surface area contributed by atoms with Crippen molar-refractivity contribution in [3.63, 3.8) is 0 Å². The molecule has 0 spiro atoms. The van der Waals surface area contributed by atoms with E-state index in [9.17, 15) is 13.2 Å². The number of rotatable bonds is 8. The normalized spacial score (nSPS) is 15.3. The van der Waals surface area contributed by atoms with Crippen molar-refractivity contribution in [3.05, 3.63) is 29.3 Å². The van der Waals surface area contributed by atoms with Crippen molar-refractivity contribution in [2.45, 2.75) is 44.4 Å². The van der Waals surface area contributed by atoms with E-state index in [4.69, 9.17) is 10.5 Å². The van der Waals surface area contributed by atoms with Crippen LogP contribution in [0.15, 0.2) is 23.1 Å². The second-order valence-electron chi connectivity index (χ2n) is 6.38. The summed E-state index contributed by atoms with van der Waals surface area (Å²) >= 11 is 0. The first-order chi connectivity index (χ1) is 11.3. The Morgan fingerprint density at radius 3 is 2.67 bits per heavy atom. The van der Waals surface area contributed by atoms with Crippen LogP contribution in [0.25, 0.3) is 0 Å². The Balaban J connectivity index is 1.93. The molecule has 1 aliphatic heterocycles. The first-order valence-corrected chi connectivity index (χ1v) is 9.48. The Morgan fingerprint density at radius 2 is 2.00 bits per heavy atom. The monoisotopic (exact) mass is 355 g/mol. The Kier molecular flexibility index (Phi) is 6.34. The van der Waals surface area contributed by atoms with Gasteiger partial charge in [0.05, 0.1) is 24.7 Å². The van der Waals surface area contributed by atoms with Gasteiger partial charge in [-0.05, 0) is 35.6 Å². The summed E-state index contributed by atoms with van der Waals surface area (Å²) < 4.78 is 32.2. The summed E-state index contributed by atoms with van der Waals surface area (Å²) in [5.74, 6) is 0.00310. The molecule has 0 saturated heterocycles. The highest BCUT2D eigenvalue weighted by Gasteiger charge is 2.20. The fourth-order valence-electron chi connectivity index (χ4n) is 2.62. The number of hydrogen-bond donors (Lipinski definition) is 3. The van der Waals surface area contributed by atoms with Crippen LogP contribution in [-0.2, 0) is 32.8 Å². The van der Waals surface area contributed by atoms with Gasteiger partial charge in [-0.3, -0.25) is 4.79 Å². The van der Waals surface area contributed by atoms with E-state index in [0.717, 1.165) is 17.5 Å². The summed E-state index contributed by atoms with van der Waals surface area (Å²) in [6.07, 6.45) is 0.750. The summed E-state index contributed by atoms with van der Waals surface area (Å²) in [7, 11) is -3.74. The SMILES string of the molecule is CC(C)CC(CN)NC(=O)CNS(=O)(=O)c1ccc2c(c1)COC2. The van der Waals surface area contributed by atoms with Gasteiger partial charge in [0.25, 0.3) is 0 Å². The molecule has 1 atom stereocenters. The van der Waals surface area contributed by atoms with Gasteiger partial charge in [0.15, 0.2) is 0 Å². The third kappa shape index (κ3) is 5.01. The molecule has 4 N–H and O–H groups in total. The lowest BCUT2D eigenvalue weighted by molar-refractivity contribution is -0.120. The fraction of sp³-hybridized carbons (Fsp3) is 0.562. The largest absolute Gasteiger partial charge is 0.372 e. The molecule has 134 valence electrons. The van der Waals surface area contributed by atoms with Crippen LogP contribution in [0.1, 0.15) is 31.4 Å². The van der Waals surface area contributed by atoms with Crippen molar-refractivity contribution in [3.8, 4) is 0 Å². The zero-order valence-corrected chi connectivity index (χ0v) is 14.9. The van der Waals surface area contributed by atoms with E-state index >= 15 is 0 Å². The van der Waals surface area contributed by atoms with Crippen molar-refractivity contribution in [1.82, 2.24) is 10.0 Å². The number of carbonyl (C=O) groups excluding carboxylic acids is 1. The smallest absolute Gasteiger partial charge is 0.241 e. The number of nitrogens with two attached hydrogens (primary N) is 1. The van der Waals surface area contributed by atoms with Crippen molar-refractivity contribution in [2.75, 3.05) is 13.1 Å². The summed E-state index contributed by atoms with van der Waals surface area (Å²) in [5.41, 5.74) is 7.48. The number of amides is 1. The van der Waals surface area contributed by atoms with Crippen molar-refractivity contribution < 1.29 is 17.9 Å². The minimum absolute atomic E-state index is 0.136. The molecular weight excluding hydrogens is 330 g/mol. The molecule has 1 heterocycles. The maximum absolute atomic E-state index is 12.3. The van der Waals surface area contributed by atoms with E-state index in [2.05, 4.69) is 10.0 Å². The zero-order valence-electron chi connectivity index (χ0n) is 14.0. The van der Waals surface area contributed by atoms with Crippen molar-refractivity contribution in [2.24, 2.45) is 11.7 Å². The lowest BCUT2D eigenvalue weighted by Gasteiger charge is -2.19. The van der Waals surface area contributed by atoms with Crippen molar-refractivity contribution in [1.29, 1.82) is 0 Å². The van der Waals surface area contributed by atoms with Gasteiger partial charge >= 0.3 is 0 Å². The molecule has 0 radical (unpaired) electrons. The maximum Gasteiger partial charge on any atom is 0.241 e. The average molecular weight is 355 g/mol. The second-order valence-corrected chi connectivity index (χ2v) is 8.14. The molecule has 1 aromatic carbocycles. The molecule has 0 saturated carbocycles. The van der Waals surface area contributed by atoms with Crippen LogP contribution in [0.5, 0.6) is 0 Å². The molecule has 7 nitrogen and oxygen atoms in total. The van der Waals surface area contributed by atoms with Crippen LogP contribution in [0.2, 0.25) is 0 Å². The summed E-state index contributed by atoms with van der Waals surface area (Å²) in [6, 6.07) is 4.70. The molecule has 1 unspecified atom stereocenters. The van der Waals surface area contributed by atoms with E-state index in [1.165, 1.54) is 6.07 Å². The van der Waals surface area contributed by atoms with Crippen LogP contribution in [0.3, 0.4) is 0 Å². The quantitative estimate of drug-likeness (QED) is 0.628. The molecule has 2 rings (SSSR count). The van der Waals surface area contributed by atoms with Gasteiger partial charge in [-0.2, -0.15) is 0 Å². The van der Waals surface area contributed by atoms with Gasteiger partial charge in [0.1, 0.15) is 0 Å². The predicted molar refractivity (Wildman–Crippen MR) is 90.6 cm³/mol. The van der Waals surface area contributed by atoms with E-state index in [0.29, 0.717) is 25.7 Å². The standard InChI is InChI=1S/C16H25N3O4S/c1-11(2)5-14(7-17)19-16(20)8-18-24(21,22)15-4-3-12-9-23-10-13(12)6-15/h3-4,6,11,14,18H,5,7-10,17H2,1-2H3,(H,19,20). The molecule has 1 aromatic rings. The first-order valence-electron chi connectivity index (χ1n) is 8.00. The molecule has 0 fully saturated rings. The van der Waals surface area contributed by atoms with E-state index < -0.39 is 10.0 Å². The Morgan fingerprint density at radius 1 is 1.29 bits per heavy atom. The number of hydrogen-bond acceptors (Lipinski definition) is 5. The van der Waals surface area contributed by atoms with Gasteiger partial charge in [0, 0.05) is 12.6 Å². The van der Waals surface area contributed by atoms with Gasteiger partial charge < -0.3 is 15.8 Å². The van der Waals surface area contributed by atoms with Gasteiger partial charge in [0.2, 0.25) is 15.9 Å². The Labute approximate surface area is 143 Å². The third-order valence-corrected chi connectivity index (χ3v) is 5.23. The fourth-order valence-corrected chi connectivity index (χ4v) is 3.65. The van der Waals surface area contributed by atoms with Crippen LogP contribution in [0.4, 0.5) is 0 Å². The van der Waals surface area contributed by atoms with Crippen LogP contribution in [-0.4, -0.2) is 33.5 Å². The number of fused-ring (bicyclic) bond motifs is 1. The number of carbonyl (C=O) groups is 1. The third-order valence-electron chi connectivity index (χ3n) is 3.83. The van der Waals surface area contributed by atoms with Gasteiger partial charge in [-0.25, -0.2) is 13.1 Å². The van der Waals surface area contributed by atoms with E-state index in [1.807, 2.05) is 13.8 Å². The molecule has 1 aliphatic rings. The highest BCUT2D eigenvalue weighted by molar-refractivity contribution is 7.89. The van der Waals surface area contributed by atoms with Crippen LogP contribution in [0, 0.1) is 5.92 Å². The molecule has 0 aliphatic carbocycles. The number of nitrogens with one attached hydrogen (secondary N) is 2. The Bertz CT molecular complexity index is 689. The summed E-state index contributed by atoms with van der Waals surface area (Å²) in [4.78, 5) is 12.1. The van der Waals surface area contributed by atoms with E-state index in [1.54, 1.807) is 12.1 Å². The minimum Gasteiger partial charge on any atom is -0.372 e. The van der Waals surface area contributed by atoms with E-state index in [-0.39, 0.29) is 23.4 Å². The predicted octanol–water partition coefficient (Wildman–Crippen LogP) is 0.485. The molecule has 8 heteroatoms. The zero-order chi connectivity index (χ0) is 17.7.